The van der Waals surface area contributed by atoms with E-state index in [1.165, 1.54) is 13.8 Å². The number of ether oxygens (including phenoxy) is 3. The van der Waals surface area contributed by atoms with E-state index in [4.69, 9.17) is 14.2 Å². The number of hydrogen-bond donors (Lipinski definition) is 1. The van der Waals surface area contributed by atoms with E-state index in [0.717, 1.165) is 11.1 Å². The Morgan fingerprint density at radius 2 is 1.85 bits per heavy atom. The Morgan fingerprint density at radius 3 is 2.42 bits per heavy atom. The zero-order valence-electron chi connectivity index (χ0n) is 15.8. The minimum Gasteiger partial charge on any atom is -0.462 e. The summed E-state index contributed by atoms with van der Waals surface area (Å²) < 4.78 is 16.6. The summed E-state index contributed by atoms with van der Waals surface area (Å²) in [6, 6.07) is 0. The van der Waals surface area contributed by atoms with Crippen molar-refractivity contribution >= 4 is 17.9 Å². The van der Waals surface area contributed by atoms with E-state index in [1.54, 1.807) is 13.8 Å². The van der Waals surface area contributed by atoms with Crippen molar-refractivity contribution < 1.29 is 33.7 Å². The van der Waals surface area contributed by atoms with Crippen LogP contribution in [0.15, 0.2) is 11.1 Å². The zero-order chi connectivity index (χ0) is 19.4. The fraction of sp³-hybridized carbons (Fsp3) is 0.737. The van der Waals surface area contributed by atoms with Crippen molar-refractivity contribution in [1.82, 2.24) is 0 Å². The van der Waals surface area contributed by atoms with Gasteiger partial charge in [0.1, 0.15) is 18.3 Å². The summed E-state index contributed by atoms with van der Waals surface area (Å²) in [5.41, 5.74) is 0.367. The number of esters is 3. The molecule has 1 heterocycles. The molecule has 0 spiro atoms. The van der Waals surface area contributed by atoms with Crippen LogP contribution in [0.2, 0.25) is 0 Å². The predicted octanol–water partition coefficient (Wildman–Crippen LogP) is 1.52. The Morgan fingerprint density at radius 1 is 1.23 bits per heavy atom. The molecule has 0 aromatic heterocycles. The van der Waals surface area contributed by atoms with E-state index in [-0.39, 0.29) is 24.2 Å². The number of rotatable bonds is 2. The molecule has 7 nitrogen and oxygen atoms in total. The maximum atomic E-state index is 12.1. The van der Waals surface area contributed by atoms with Gasteiger partial charge >= 0.3 is 17.9 Å². The highest BCUT2D eigenvalue weighted by atomic mass is 16.6. The Bertz CT molecular complexity index is 677. The first-order valence-corrected chi connectivity index (χ1v) is 9.00. The predicted molar refractivity (Wildman–Crippen MR) is 89.7 cm³/mol. The van der Waals surface area contributed by atoms with Gasteiger partial charge in [-0.05, 0) is 31.4 Å². The minimum atomic E-state index is -1.17. The minimum absolute atomic E-state index is 0.250. The van der Waals surface area contributed by atoms with Crippen molar-refractivity contribution in [2.75, 3.05) is 0 Å². The lowest BCUT2D eigenvalue weighted by atomic mass is 9.81. The summed E-state index contributed by atoms with van der Waals surface area (Å²) in [5, 5.41) is 11.2. The first-order valence-electron chi connectivity index (χ1n) is 9.00. The van der Waals surface area contributed by atoms with E-state index in [2.05, 4.69) is 0 Å². The highest BCUT2D eigenvalue weighted by molar-refractivity contribution is 5.75. The van der Waals surface area contributed by atoms with E-state index in [9.17, 15) is 19.5 Å². The van der Waals surface area contributed by atoms with E-state index in [1.807, 2.05) is 6.92 Å². The normalized spacial score (nSPS) is 41.8. The molecule has 7 atom stereocenters. The lowest BCUT2D eigenvalue weighted by Gasteiger charge is -2.32. The fourth-order valence-electron chi connectivity index (χ4n) is 4.85. The largest absolute Gasteiger partial charge is 0.462 e. The van der Waals surface area contributed by atoms with Gasteiger partial charge in [0.15, 0.2) is 0 Å². The molecular weight excluding hydrogens is 340 g/mol. The second kappa shape index (κ2) is 6.37. The smallest absolute Gasteiger partial charge is 0.309 e. The molecule has 3 aliphatic rings. The molecule has 1 saturated heterocycles. The summed E-state index contributed by atoms with van der Waals surface area (Å²) in [6.45, 7) is 7.95. The molecule has 2 fully saturated rings. The van der Waals surface area contributed by atoms with Crippen LogP contribution in [0.3, 0.4) is 0 Å². The van der Waals surface area contributed by atoms with Gasteiger partial charge in [-0.1, -0.05) is 6.92 Å². The van der Waals surface area contributed by atoms with Crippen LogP contribution in [0.25, 0.3) is 0 Å². The SMILES string of the molecule is CC(=O)O[C@H]1C[C@@H]2C(=C1C)[C@@H](OC(C)=O)[C@@H]1[C@H](C)C(=O)O[C@@H]1C[C@@]2(C)O. The third-order valence-electron chi connectivity index (χ3n) is 6.03. The first-order chi connectivity index (χ1) is 12.0. The summed E-state index contributed by atoms with van der Waals surface area (Å²) in [4.78, 5) is 35.4. The Balaban J connectivity index is 2.11. The van der Waals surface area contributed by atoms with E-state index in [0.29, 0.717) is 6.42 Å². The van der Waals surface area contributed by atoms with Crippen molar-refractivity contribution in [3.8, 4) is 0 Å². The van der Waals surface area contributed by atoms with Gasteiger partial charge in [0.25, 0.3) is 0 Å². The van der Waals surface area contributed by atoms with Crippen molar-refractivity contribution in [1.29, 1.82) is 0 Å². The van der Waals surface area contributed by atoms with Crippen LogP contribution < -0.4 is 0 Å². The molecule has 3 rings (SSSR count). The molecule has 144 valence electrons. The number of fused-ring (bicyclic) bond motifs is 2. The summed E-state index contributed by atoms with van der Waals surface area (Å²) >= 11 is 0. The number of hydrogen-bond acceptors (Lipinski definition) is 7. The summed E-state index contributed by atoms with van der Waals surface area (Å²) in [5.74, 6) is -2.37. The van der Waals surface area contributed by atoms with Crippen molar-refractivity contribution in [3.05, 3.63) is 11.1 Å². The molecular formula is C19H26O7. The lowest BCUT2D eigenvalue weighted by molar-refractivity contribution is -0.148. The second-order valence-corrected chi connectivity index (χ2v) is 7.96. The van der Waals surface area contributed by atoms with E-state index < -0.39 is 41.8 Å². The van der Waals surface area contributed by atoms with Crippen LogP contribution in [0.4, 0.5) is 0 Å². The van der Waals surface area contributed by atoms with Gasteiger partial charge in [-0.2, -0.15) is 0 Å². The Kier molecular flexibility index (Phi) is 4.63. The topological polar surface area (TPSA) is 99.1 Å². The van der Waals surface area contributed by atoms with Crippen LogP contribution in [0.1, 0.15) is 47.5 Å². The highest BCUT2D eigenvalue weighted by Gasteiger charge is 2.59. The van der Waals surface area contributed by atoms with Gasteiger partial charge in [0.2, 0.25) is 0 Å². The van der Waals surface area contributed by atoms with Crippen molar-refractivity contribution in [3.63, 3.8) is 0 Å². The van der Waals surface area contributed by atoms with Crippen LogP contribution >= 0.6 is 0 Å². The van der Waals surface area contributed by atoms with Crippen LogP contribution in [-0.4, -0.2) is 46.9 Å². The van der Waals surface area contributed by atoms with Crippen LogP contribution in [0, 0.1) is 17.8 Å². The monoisotopic (exact) mass is 366 g/mol. The van der Waals surface area contributed by atoms with Crippen molar-refractivity contribution in [2.45, 2.75) is 71.4 Å². The third kappa shape index (κ3) is 3.02. The number of aliphatic hydroxyl groups is 1. The summed E-state index contributed by atoms with van der Waals surface area (Å²) in [7, 11) is 0. The molecule has 1 N–H and O–H groups in total. The second-order valence-electron chi connectivity index (χ2n) is 7.96. The molecule has 1 aliphatic heterocycles. The quantitative estimate of drug-likeness (QED) is 0.449. The van der Waals surface area contributed by atoms with Gasteiger partial charge < -0.3 is 19.3 Å². The standard InChI is InChI=1S/C19H26O7/c1-8-13(24-10(3)20)6-12-15(8)17(25-11(4)21)16-9(2)18(22)26-14(16)7-19(12,5)23/h9,12-14,16-17,23H,6-7H2,1-5H3/t9-,12+,13-,14+,16+,17+,19+/m0/s1. The zero-order valence-corrected chi connectivity index (χ0v) is 15.8. The molecule has 26 heavy (non-hydrogen) atoms. The maximum absolute atomic E-state index is 12.1. The van der Waals surface area contributed by atoms with Gasteiger partial charge in [-0.15, -0.1) is 0 Å². The molecule has 0 aromatic carbocycles. The van der Waals surface area contributed by atoms with Gasteiger partial charge in [-0.25, -0.2) is 0 Å². The molecule has 0 amide bonds. The van der Waals surface area contributed by atoms with Gasteiger partial charge in [0.05, 0.1) is 17.4 Å². The first kappa shape index (κ1) is 18.9. The lowest BCUT2D eigenvalue weighted by Crippen LogP contribution is -2.38. The Hall–Kier alpha value is -1.89. The molecule has 0 aromatic rings. The molecule has 0 unspecified atom stereocenters. The fourth-order valence-corrected chi connectivity index (χ4v) is 4.85. The summed E-state index contributed by atoms with van der Waals surface area (Å²) in [6.07, 6.45) is -0.997. The maximum Gasteiger partial charge on any atom is 0.309 e. The Labute approximate surface area is 152 Å². The average molecular weight is 366 g/mol. The molecule has 2 aliphatic carbocycles. The molecule has 1 saturated carbocycles. The number of carbonyl (C=O) groups excluding carboxylic acids is 3. The average Bonchev–Trinajstić information content (AvgIpc) is 2.92. The van der Waals surface area contributed by atoms with Crippen molar-refractivity contribution in [2.24, 2.45) is 17.8 Å². The van der Waals surface area contributed by atoms with Gasteiger partial charge in [0, 0.05) is 26.2 Å². The van der Waals surface area contributed by atoms with Crippen LogP contribution in [-0.2, 0) is 28.6 Å². The van der Waals surface area contributed by atoms with Crippen LogP contribution in [0.5, 0.6) is 0 Å². The van der Waals surface area contributed by atoms with Gasteiger partial charge in [-0.3, -0.25) is 14.4 Å². The molecule has 0 radical (unpaired) electrons. The third-order valence-corrected chi connectivity index (χ3v) is 6.03. The molecule has 7 heteroatoms. The number of carbonyl (C=O) groups is 3. The van der Waals surface area contributed by atoms with E-state index >= 15 is 0 Å². The molecule has 0 bridgehead atoms. The highest BCUT2D eigenvalue weighted by Crippen LogP contribution is 2.52.